The standard InChI is InChI=1S/C19H30N4O4.HI/c1-3-20-19(23-14(2)12-27-17-8-11-26-13-17)22-10-9-21-18(25)15-4-6-16(24)7-5-15;/h4-7,14,17,24H,3,8-13H2,1-2H3,(H,21,25)(H2,20,22,23);1H. The number of amides is 1. The van der Waals surface area contributed by atoms with Gasteiger partial charge in [-0.1, -0.05) is 0 Å². The summed E-state index contributed by atoms with van der Waals surface area (Å²) in [6.45, 7) is 7.67. The third kappa shape index (κ3) is 9.07. The molecule has 158 valence electrons. The molecule has 9 heteroatoms. The van der Waals surface area contributed by atoms with Crippen molar-refractivity contribution in [2.45, 2.75) is 32.4 Å². The van der Waals surface area contributed by atoms with Gasteiger partial charge in [-0.05, 0) is 44.5 Å². The second-order valence-electron chi connectivity index (χ2n) is 6.43. The summed E-state index contributed by atoms with van der Waals surface area (Å²) in [5.41, 5.74) is 0.503. The highest BCUT2D eigenvalue weighted by Gasteiger charge is 2.17. The molecule has 0 bridgehead atoms. The van der Waals surface area contributed by atoms with E-state index in [1.807, 2.05) is 13.8 Å². The molecule has 1 aromatic carbocycles. The third-order valence-electron chi connectivity index (χ3n) is 3.99. The highest BCUT2D eigenvalue weighted by molar-refractivity contribution is 14.0. The minimum Gasteiger partial charge on any atom is -0.508 e. The highest BCUT2D eigenvalue weighted by atomic mass is 127. The van der Waals surface area contributed by atoms with Crippen molar-refractivity contribution in [1.29, 1.82) is 0 Å². The quantitative estimate of drug-likeness (QED) is 0.175. The number of nitrogens with zero attached hydrogens (tertiary/aromatic N) is 1. The lowest BCUT2D eigenvalue weighted by Gasteiger charge is -2.19. The van der Waals surface area contributed by atoms with E-state index < -0.39 is 0 Å². The van der Waals surface area contributed by atoms with E-state index in [2.05, 4.69) is 20.9 Å². The molecule has 0 spiro atoms. The van der Waals surface area contributed by atoms with Crippen molar-refractivity contribution in [1.82, 2.24) is 16.0 Å². The number of halogens is 1. The summed E-state index contributed by atoms with van der Waals surface area (Å²) in [7, 11) is 0. The normalized spacial score (nSPS) is 17.5. The Hall–Kier alpha value is -1.59. The van der Waals surface area contributed by atoms with Crippen LogP contribution in [-0.2, 0) is 9.47 Å². The Morgan fingerprint density at radius 3 is 2.75 bits per heavy atom. The first-order valence-electron chi connectivity index (χ1n) is 9.40. The van der Waals surface area contributed by atoms with Crippen molar-refractivity contribution in [2.75, 3.05) is 39.5 Å². The van der Waals surface area contributed by atoms with Crippen molar-refractivity contribution in [3.63, 3.8) is 0 Å². The topological polar surface area (TPSA) is 104 Å². The van der Waals surface area contributed by atoms with Gasteiger partial charge in [-0.2, -0.15) is 0 Å². The number of carbonyl (C=O) groups is 1. The summed E-state index contributed by atoms with van der Waals surface area (Å²) < 4.78 is 11.1. The molecule has 28 heavy (non-hydrogen) atoms. The van der Waals surface area contributed by atoms with Crippen LogP contribution < -0.4 is 16.0 Å². The number of aromatic hydroxyl groups is 1. The van der Waals surface area contributed by atoms with Crippen molar-refractivity contribution >= 4 is 35.8 Å². The molecule has 1 aromatic rings. The first-order chi connectivity index (χ1) is 13.1. The smallest absolute Gasteiger partial charge is 0.251 e. The zero-order valence-electron chi connectivity index (χ0n) is 16.4. The lowest BCUT2D eigenvalue weighted by Crippen LogP contribution is -2.45. The van der Waals surface area contributed by atoms with Crippen molar-refractivity contribution in [3.8, 4) is 5.75 Å². The maximum Gasteiger partial charge on any atom is 0.251 e. The van der Waals surface area contributed by atoms with Gasteiger partial charge in [0.15, 0.2) is 5.96 Å². The summed E-state index contributed by atoms with van der Waals surface area (Å²) in [6, 6.07) is 6.24. The summed E-state index contributed by atoms with van der Waals surface area (Å²) in [5, 5.41) is 18.6. The fourth-order valence-corrected chi connectivity index (χ4v) is 2.57. The van der Waals surface area contributed by atoms with Crippen molar-refractivity contribution < 1.29 is 19.4 Å². The number of nitrogens with one attached hydrogen (secondary N) is 3. The molecular formula is C19H31IN4O4. The van der Waals surface area contributed by atoms with Gasteiger partial charge in [-0.25, -0.2) is 0 Å². The van der Waals surface area contributed by atoms with Crippen LogP contribution in [0.5, 0.6) is 5.75 Å². The highest BCUT2D eigenvalue weighted by Crippen LogP contribution is 2.09. The van der Waals surface area contributed by atoms with Crippen molar-refractivity contribution in [3.05, 3.63) is 29.8 Å². The Kier molecular flexibility index (Phi) is 11.8. The Labute approximate surface area is 183 Å². The van der Waals surface area contributed by atoms with E-state index in [9.17, 15) is 9.90 Å². The van der Waals surface area contributed by atoms with E-state index in [4.69, 9.17) is 9.47 Å². The number of hydrogen-bond acceptors (Lipinski definition) is 5. The molecule has 4 N–H and O–H groups in total. The molecule has 2 unspecified atom stereocenters. The summed E-state index contributed by atoms with van der Waals surface area (Å²) in [4.78, 5) is 16.5. The largest absolute Gasteiger partial charge is 0.508 e. The van der Waals surface area contributed by atoms with Gasteiger partial charge in [0.2, 0.25) is 0 Å². The fourth-order valence-electron chi connectivity index (χ4n) is 2.57. The predicted octanol–water partition coefficient (Wildman–Crippen LogP) is 1.49. The SMILES string of the molecule is CCNC(=NCCNC(=O)c1ccc(O)cc1)NC(C)COC1CCOC1.I. The summed E-state index contributed by atoms with van der Waals surface area (Å²) in [5.74, 6) is 0.634. The van der Waals surface area contributed by atoms with E-state index >= 15 is 0 Å². The number of rotatable bonds is 9. The minimum atomic E-state index is -0.191. The van der Waals surface area contributed by atoms with Crippen LogP contribution in [0.2, 0.25) is 0 Å². The molecule has 1 fully saturated rings. The van der Waals surface area contributed by atoms with Crippen LogP contribution in [0.15, 0.2) is 29.3 Å². The number of phenols is 1. The van der Waals surface area contributed by atoms with Gasteiger partial charge in [0.25, 0.3) is 5.91 Å². The van der Waals surface area contributed by atoms with Crippen LogP contribution in [0.25, 0.3) is 0 Å². The molecule has 1 aliphatic rings. The lowest BCUT2D eigenvalue weighted by atomic mass is 10.2. The van der Waals surface area contributed by atoms with Gasteiger partial charge in [0.1, 0.15) is 5.75 Å². The molecule has 1 amide bonds. The van der Waals surface area contributed by atoms with Gasteiger partial charge in [-0.3, -0.25) is 9.79 Å². The van der Waals surface area contributed by atoms with Gasteiger partial charge in [0, 0.05) is 31.3 Å². The van der Waals surface area contributed by atoms with E-state index in [1.54, 1.807) is 12.1 Å². The molecule has 0 aromatic heterocycles. The summed E-state index contributed by atoms with van der Waals surface area (Å²) >= 11 is 0. The molecular weight excluding hydrogens is 475 g/mol. The van der Waals surface area contributed by atoms with Gasteiger partial charge >= 0.3 is 0 Å². The van der Waals surface area contributed by atoms with Crippen LogP contribution in [0, 0.1) is 0 Å². The Bertz CT molecular complexity index is 606. The first kappa shape index (κ1) is 24.4. The maximum atomic E-state index is 12.0. The molecule has 1 saturated heterocycles. The number of phenolic OH excluding ortho intramolecular Hbond substituents is 1. The second-order valence-corrected chi connectivity index (χ2v) is 6.43. The van der Waals surface area contributed by atoms with Crippen LogP contribution >= 0.6 is 24.0 Å². The summed E-state index contributed by atoms with van der Waals surface area (Å²) in [6.07, 6.45) is 1.13. The van der Waals surface area contributed by atoms with Gasteiger partial charge in [0.05, 0.1) is 25.9 Å². The molecule has 1 aliphatic heterocycles. The molecule has 1 heterocycles. The predicted molar refractivity (Wildman–Crippen MR) is 120 cm³/mol. The van der Waals surface area contributed by atoms with Crippen LogP contribution in [0.3, 0.4) is 0 Å². The van der Waals surface area contributed by atoms with E-state index in [0.717, 1.165) is 19.6 Å². The monoisotopic (exact) mass is 506 g/mol. The number of ether oxygens (including phenoxy) is 2. The molecule has 0 radical (unpaired) electrons. The number of guanidine groups is 1. The first-order valence-corrected chi connectivity index (χ1v) is 9.40. The Morgan fingerprint density at radius 1 is 1.36 bits per heavy atom. The third-order valence-corrected chi connectivity index (χ3v) is 3.99. The van der Waals surface area contributed by atoms with E-state index in [1.165, 1.54) is 12.1 Å². The lowest BCUT2D eigenvalue weighted by molar-refractivity contribution is 0.0347. The zero-order valence-corrected chi connectivity index (χ0v) is 18.8. The minimum absolute atomic E-state index is 0. The number of carbonyl (C=O) groups excluding carboxylic acids is 1. The molecule has 0 saturated carbocycles. The number of hydrogen-bond donors (Lipinski definition) is 4. The van der Waals surface area contributed by atoms with Crippen LogP contribution in [-0.4, -0.2) is 68.6 Å². The number of aliphatic imine (C=N–C) groups is 1. The maximum absolute atomic E-state index is 12.0. The average molecular weight is 506 g/mol. The molecule has 2 rings (SSSR count). The zero-order chi connectivity index (χ0) is 19.5. The molecule has 8 nitrogen and oxygen atoms in total. The molecule has 2 atom stereocenters. The molecule has 0 aliphatic carbocycles. The Balaban J connectivity index is 0.00000392. The Morgan fingerprint density at radius 2 is 2.11 bits per heavy atom. The fraction of sp³-hybridized carbons (Fsp3) is 0.579. The van der Waals surface area contributed by atoms with Crippen LogP contribution in [0.1, 0.15) is 30.6 Å². The van der Waals surface area contributed by atoms with E-state index in [0.29, 0.717) is 37.8 Å². The van der Waals surface area contributed by atoms with E-state index in [-0.39, 0.29) is 47.8 Å². The van der Waals surface area contributed by atoms with Gasteiger partial charge < -0.3 is 30.5 Å². The van der Waals surface area contributed by atoms with Gasteiger partial charge in [-0.15, -0.1) is 24.0 Å². The van der Waals surface area contributed by atoms with Crippen LogP contribution in [0.4, 0.5) is 0 Å². The number of benzene rings is 1. The average Bonchev–Trinajstić information content (AvgIpc) is 3.17. The van der Waals surface area contributed by atoms with Crippen molar-refractivity contribution in [2.24, 2.45) is 4.99 Å². The second kappa shape index (κ2) is 13.6.